The fourth-order valence-corrected chi connectivity index (χ4v) is 1.34. The summed E-state index contributed by atoms with van der Waals surface area (Å²) in [5.74, 6) is -0.859. The van der Waals surface area contributed by atoms with Gasteiger partial charge in [-0.1, -0.05) is 6.07 Å². The number of benzene rings is 1. The summed E-state index contributed by atoms with van der Waals surface area (Å²) >= 11 is 0. The van der Waals surface area contributed by atoms with Crippen LogP contribution in [-0.4, -0.2) is 24.1 Å². The Kier molecular flexibility index (Phi) is 5.07. The van der Waals surface area contributed by atoms with Crippen molar-refractivity contribution in [3.63, 3.8) is 0 Å². The minimum absolute atomic E-state index is 0.246. The first kappa shape index (κ1) is 15.9. The molecule has 0 aliphatic heterocycles. The van der Waals surface area contributed by atoms with Crippen molar-refractivity contribution in [1.82, 2.24) is 5.32 Å². The van der Waals surface area contributed by atoms with Crippen molar-refractivity contribution in [2.24, 2.45) is 0 Å². The quantitative estimate of drug-likeness (QED) is 0.895. The van der Waals surface area contributed by atoms with E-state index in [9.17, 15) is 14.0 Å². The Labute approximate surface area is 117 Å². The highest BCUT2D eigenvalue weighted by Crippen LogP contribution is 2.13. The molecule has 0 aromatic heterocycles. The molecular weight excluding hydrogens is 263 g/mol. The third-order valence-corrected chi connectivity index (χ3v) is 2.25. The molecule has 0 aliphatic carbocycles. The largest absolute Gasteiger partial charge is 0.444 e. The number of carbonyl (C=O) groups is 2. The van der Waals surface area contributed by atoms with Gasteiger partial charge in [-0.2, -0.15) is 0 Å². The Bertz CT molecular complexity index is 510. The van der Waals surface area contributed by atoms with E-state index in [0.29, 0.717) is 11.3 Å². The lowest BCUT2D eigenvalue weighted by molar-refractivity contribution is -0.115. The molecule has 1 aromatic rings. The molecule has 0 bridgehead atoms. The molecule has 2 N–H and O–H groups in total. The molecule has 0 aliphatic rings. The highest BCUT2D eigenvalue weighted by molar-refractivity contribution is 5.93. The second kappa shape index (κ2) is 6.36. The number of amides is 2. The predicted molar refractivity (Wildman–Crippen MR) is 74.0 cm³/mol. The number of ether oxygens (including phenoxy) is 1. The summed E-state index contributed by atoms with van der Waals surface area (Å²) in [5.41, 5.74) is 0.208. The smallest absolute Gasteiger partial charge is 0.408 e. The van der Waals surface area contributed by atoms with Crippen molar-refractivity contribution >= 4 is 17.7 Å². The number of anilines is 1. The molecule has 0 heterocycles. The van der Waals surface area contributed by atoms with E-state index in [1.807, 2.05) is 0 Å². The Hall–Kier alpha value is -2.11. The highest BCUT2D eigenvalue weighted by Gasteiger charge is 2.16. The van der Waals surface area contributed by atoms with Gasteiger partial charge in [-0.3, -0.25) is 4.79 Å². The molecule has 110 valence electrons. The van der Waals surface area contributed by atoms with Crippen LogP contribution in [0.15, 0.2) is 18.2 Å². The van der Waals surface area contributed by atoms with Gasteiger partial charge in [-0.05, 0) is 45.4 Å². The zero-order valence-corrected chi connectivity index (χ0v) is 12.0. The number of alkyl carbamates (subject to hydrolysis) is 1. The molecule has 2 amide bonds. The van der Waals surface area contributed by atoms with Crippen molar-refractivity contribution < 1.29 is 18.7 Å². The fraction of sp³-hybridized carbons (Fsp3) is 0.429. The number of halogens is 1. The molecule has 6 heteroatoms. The molecule has 1 rings (SSSR count). The van der Waals surface area contributed by atoms with Crippen molar-refractivity contribution in [1.29, 1.82) is 0 Å². The van der Waals surface area contributed by atoms with Gasteiger partial charge < -0.3 is 15.4 Å². The summed E-state index contributed by atoms with van der Waals surface area (Å²) < 4.78 is 18.3. The molecule has 1 aromatic carbocycles. The van der Waals surface area contributed by atoms with Gasteiger partial charge in [0.2, 0.25) is 5.91 Å². The second-order valence-electron chi connectivity index (χ2n) is 5.37. The SMILES string of the molecule is Cc1ccc(NC(=O)CNC(=O)OC(C)(C)C)cc1F. The standard InChI is InChI=1S/C14H19FN2O3/c1-9-5-6-10(7-11(9)15)17-12(18)8-16-13(19)20-14(2,3)4/h5-7H,8H2,1-4H3,(H,16,19)(H,17,18). The first-order valence-electron chi connectivity index (χ1n) is 6.20. The minimum atomic E-state index is -0.678. The lowest BCUT2D eigenvalue weighted by Crippen LogP contribution is -2.37. The van der Waals surface area contributed by atoms with Gasteiger partial charge in [-0.15, -0.1) is 0 Å². The van der Waals surface area contributed by atoms with Crippen LogP contribution in [0.25, 0.3) is 0 Å². The van der Waals surface area contributed by atoms with Gasteiger partial charge in [0.1, 0.15) is 18.0 Å². The van der Waals surface area contributed by atoms with Crippen molar-refractivity contribution in [3.8, 4) is 0 Å². The van der Waals surface area contributed by atoms with Gasteiger partial charge in [0.05, 0.1) is 0 Å². The molecule has 0 saturated heterocycles. The van der Waals surface area contributed by atoms with E-state index in [-0.39, 0.29) is 6.54 Å². The Balaban J connectivity index is 2.44. The number of hydrogen-bond donors (Lipinski definition) is 2. The maximum absolute atomic E-state index is 13.3. The Morgan fingerprint density at radius 2 is 1.95 bits per heavy atom. The number of hydrogen-bond acceptors (Lipinski definition) is 3. The monoisotopic (exact) mass is 282 g/mol. The van der Waals surface area contributed by atoms with Crippen LogP contribution < -0.4 is 10.6 Å². The average Bonchev–Trinajstić information content (AvgIpc) is 2.29. The maximum Gasteiger partial charge on any atom is 0.408 e. The zero-order chi connectivity index (χ0) is 15.3. The number of rotatable bonds is 3. The van der Waals surface area contributed by atoms with Gasteiger partial charge in [0.25, 0.3) is 0 Å². The number of carbonyl (C=O) groups excluding carboxylic acids is 2. The van der Waals surface area contributed by atoms with E-state index in [1.165, 1.54) is 6.07 Å². The summed E-state index contributed by atoms with van der Waals surface area (Å²) in [7, 11) is 0. The number of aryl methyl sites for hydroxylation is 1. The highest BCUT2D eigenvalue weighted by atomic mass is 19.1. The van der Waals surface area contributed by atoms with Crippen LogP contribution >= 0.6 is 0 Å². The van der Waals surface area contributed by atoms with Crippen molar-refractivity contribution in [3.05, 3.63) is 29.6 Å². The van der Waals surface area contributed by atoms with E-state index in [4.69, 9.17) is 4.74 Å². The lowest BCUT2D eigenvalue weighted by Gasteiger charge is -2.19. The third kappa shape index (κ3) is 5.69. The first-order chi connectivity index (χ1) is 9.17. The van der Waals surface area contributed by atoms with Crippen LogP contribution in [0.2, 0.25) is 0 Å². The van der Waals surface area contributed by atoms with Crippen LogP contribution in [0, 0.1) is 12.7 Å². The van der Waals surface area contributed by atoms with E-state index < -0.39 is 23.4 Å². The molecule has 20 heavy (non-hydrogen) atoms. The van der Waals surface area contributed by atoms with Crippen molar-refractivity contribution in [2.45, 2.75) is 33.3 Å². The molecule has 5 nitrogen and oxygen atoms in total. The third-order valence-electron chi connectivity index (χ3n) is 2.25. The van der Waals surface area contributed by atoms with Crippen LogP contribution in [0.4, 0.5) is 14.9 Å². The van der Waals surface area contributed by atoms with Crippen molar-refractivity contribution in [2.75, 3.05) is 11.9 Å². The van der Waals surface area contributed by atoms with Crippen LogP contribution in [0.1, 0.15) is 26.3 Å². The Morgan fingerprint density at radius 1 is 1.30 bits per heavy atom. The fourth-order valence-electron chi connectivity index (χ4n) is 1.34. The molecule has 0 radical (unpaired) electrons. The summed E-state index contributed by atoms with van der Waals surface area (Å²) in [6.07, 6.45) is -0.678. The molecule has 0 unspecified atom stereocenters. The summed E-state index contributed by atoms with van der Waals surface area (Å²) in [4.78, 5) is 22.9. The molecule has 0 atom stereocenters. The maximum atomic E-state index is 13.3. The van der Waals surface area contributed by atoms with E-state index >= 15 is 0 Å². The molecule has 0 spiro atoms. The minimum Gasteiger partial charge on any atom is -0.444 e. The van der Waals surface area contributed by atoms with Crippen LogP contribution in [0.5, 0.6) is 0 Å². The zero-order valence-electron chi connectivity index (χ0n) is 12.0. The number of nitrogens with one attached hydrogen (secondary N) is 2. The van der Waals surface area contributed by atoms with Gasteiger partial charge in [0.15, 0.2) is 0 Å². The van der Waals surface area contributed by atoms with Crippen LogP contribution in [-0.2, 0) is 9.53 Å². The average molecular weight is 282 g/mol. The predicted octanol–water partition coefficient (Wildman–Crippen LogP) is 2.60. The van der Waals surface area contributed by atoms with E-state index in [2.05, 4.69) is 10.6 Å². The first-order valence-corrected chi connectivity index (χ1v) is 6.20. The Morgan fingerprint density at radius 3 is 2.50 bits per heavy atom. The summed E-state index contributed by atoms with van der Waals surface area (Å²) in [6.45, 7) is 6.56. The second-order valence-corrected chi connectivity index (χ2v) is 5.37. The lowest BCUT2D eigenvalue weighted by atomic mass is 10.2. The normalized spacial score (nSPS) is 10.8. The molecular formula is C14H19FN2O3. The molecule has 0 saturated carbocycles. The van der Waals surface area contributed by atoms with Gasteiger partial charge >= 0.3 is 6.09 Å². The van der Waals surface area contributed by atoms with Crippen LogP contribution in [0.3, 0.4) is 0 Å². The van der Waals surface area contributed by atoms with Gasteiger partial charge in [0, 0.05) is 5.69 Å². The molecule has 0 fully saturated rings. The van der Waals surface area contributed by atoms with E-state index in [0.717, 1.165) is 0 Å². The summed E-state index contributed by atoms with van der Waals surface area (Å²) in [5, 5.41) is 4.80. The van der Waals surface area contributed by atoms with E-state index in [1.54, 1.807) is 39.8 Å². The van der Waals surface area contributed by atoms with Gasteiger partial charge in [-0.25, -0.2) is 9.18 Å². The summed E-state index contributed by atoms with van der Waals surface area (Å²) in [6, 6.07) is 4.37. The topological polar surface area (TPSA) is 67.4 Å².